The molecule has 0 atom stereocenters. The molecule has 0 aliphatic carbocycles. The van der Waals surface area contributed by atoms with E-state index in [-0.39, 0.29) is 10.8 Å². The van der Waals surface area contributed by atoms with E-state index in [0.29, 0.717) is 6.67 Å². The zero-order valence-electron chi connectivity index (χ0n) is 46.8. The summed E-state index contributed by atoms with van der Waals surface area (Å²) in [6.45, 7) is 18.1. The SMILES string of the molecule is CN1CCCN(C)C1(c1ccccc1)c1cccc(C2(c3ccccc3)N(C)CCCN2C)c1N1CN(c2cc(Oc3ccc4c5ccccc5n(-c5cc(C(C)(C)C)ccn5)c4c3)cc(C(C)(C)C)c2)c2ccccc21. The maximum Gasteiger partial charge on any atom is 0.137 e. The van der Waals surface area contributed by atoms with E-state index in [1.807, 2.05) is 6.20 Å². The third-order valence-electron chi connectivity index (χ3n) is 17.1. The second-order valence-electron chi connectivity index (χ2n) is 23.9. The van der Waals surface area contributed by atoms with Crippen molar-refractivity contribution in [1.82, 2.24) is 29.2 Å². The standard InChI is InChI=1S/C68H74N8O/c1-65(2,3)50-36-37-69-63(44-50)76-59-31-18-17-28-55(59)56-35-34-53(46-62(56)76)77-54-43-51(66(4,5)6)42-52(45-54)74-47-75(61-33-20-19-32-60(61)74)64-57(67(48-24-13-11-14-25-48)70(7)38-22-39-71(67)8)29-21-30-58(64)68(49-26-15-12-16-27-49)72(9)40-23-41-73(68)10/h11-21,24-37,42-46H,22-23,38-41,47H2,1-10H3. The second-order valence-corrected chi connectivity index (χ2v) is 23.9. The largest absolute Gasteiger partial charge is 0.457 e. The topological polar surface area (TPSA) is 46.5 Å². The molecule has 5 heterocycles. The molecule has 2 fully saturated rings. The highest BCUT2D eigenvalue weighted by Gasteiger charge is 2.52. The van der Waals surface area contributed by atoms with Gasteiger partial charge >= 0.3 is 0 Å². The molecule has 9 nitrogen and oxygen atoms in total. The van der Waals surface area contributed by atoms with Crippen LogP contribution in [-0.2, 0) is 22.2 Å². The van der Waals surface area contributed by atoms with Crippen molar-refractivity contribution in [1.29, 1.82) is 0 Å². The molecule has 0 unspecified atom stereocenters. The number of rotatable bonds is 9. The lowest BCUT2D eigenvalue weighted by molar-refractivity contribution is -0.0379. The van der Waals surface area contributed by atoms with Gasteiger partial charge in [-0.15, -0.1) is 0 Å². The van der Waals surface area contributed by atoms with Gasteiger partial charge in [0.15, 0.2) is 0 Å². The molecule has 9 heteroatoms. The lowest BCUT2D eigenvalue weighted by Crippen LogP contribution is -2.62. The number of nitrogens with zero attached hydrogens (tertiary/aromatic N) is 8. The first kappa shape index (κ1) is 50.5. The van der Waals surface area contributed by atoms with Gasteiger partial charge in [0.2, 0.25) is 0 Å². The molecule has 77 heavy (non-hydrogen) atoms. The van der Waals surface area contributed by atoms with Gasteiger partial charge in [-0.3, -0.25) is 24.2 Å². The van der Waals surface area contributed by atoms with E-state index in [9.17, 15) is 0 Å². The van der Waals surface area contributed by atoms with Gasteiger partial charge in [0.05, 0.1) is 28.1 Å². The molecule has 3 aliphatic rings. The van der Waals surface area contributed by atoms with Crippen LogP contribution in [0.2, 0.25) is 0 Å². The molecule has 7 aromatic carbocycles. The predicted molar refractivity (Wildman–Crippen MR) is 319 cm³/mol. The summed E-state index contributed by atoms with van der Waals surface area (Å²) in [4.78, 5) is 20.5. The predicted octanol–water partition coefficient (Wildman–Crippen LogP) is 14.8. The summed E-state index contributed by atoms with van der Waals surface area (Å²) in [5.74, 6) is 2.46. The van der Waals surface area contributed by atoms with E-state index in [2.05, 4.69) is 280 Å². The van der Waals surface area contributed by atoms with Gasteiger partial charge in [-0.25, -0.2) is 4.98 Å². The minimum absolute atomic E-state index is 0.0284. The van der Waals surface area contributed by atoms with Crippen LogP contribution in [0.25, 0.3) is 27.6 Å². The number of hydrogen-bond acceptors (Lipinski definition) is 8. The van der Waals surface area contributed by atoms with Crippen molar-refractivity contribution in [3.8, 4) is 17.3 Å². The normalized spacial score (nSPS) is 17.6. The van der Waals surface area contributed by atoms with Crippen LogP contribution < -0.4 is 14.5 Å². The van der Waals surface area contributed by atoms with Crippen LogP contribution in [-0.4, -0.2) is 90.2 Å². The molecule has 392 valence electrons. The van der Waals surface area contributed by atoms with Crippen LogP contribution in [0.15, 0.2) is 182 Å². The van der Waals surface area contributed by atoms with Crippen molar-refractivity contribution >= 4 is 44.6 Å². The van der Waals surface area contributed by atoms with Gasteiger partial charge in [0.25, 0.3) is 0 Å². The fourth-order valence-electron chi connectivity index (χ4n) is 13.3. The Morgan fingerprint density at radius 2 is 0.987 bits per heavy atom. The highest BCUT2D eigenvalue weighted by Crippen LogP contribution is 2.56. The summed E-state index contributed by atoms with van der Waals surface area (Å²) in [5, 5.41) is 2.34. The quantitative estimate of drug-likeness (QED) is 0.142. The highest BCUT2D eigenvalue weighted by molar-refractivity contribution is 6.09. The number of fused-ring (bicyclic) bond motifs is 4. The summed E-state index contributed by atoms with van der Waals surface area (Å²) in [7, 11) is 9.31. The number of ether oxygens (including phenoxy) is 1. The molecule has 2 saturated heterocycles. The maximum atomic E-state index is 7.16. The molecular formula is C68H74N8O. The third-order valence-corrected chi connectivity index (χ3v) is 17.1. The Morgan fingerprint density at radius 3 is 1.57 bits per heavy atom. The van der Waals surface area contributed by atoms with E-state index in [1.165, 1.54) is 50.1 Å². The molecular weight excluding hydrogens is 945 g/mol. The third kappa shape index (κ3) is 8.33. The second kappa shape index (κ2) is 19.3. The summed E-state index contributed by atoms with van der Waals surface area (Å²) in [6, 6.07) is 65.1. The summed E-state index contributed by atoms with van der Waals surface area (Å²) in [6.07, 6.45) is 4.12. The van der Waals surface area contributed by atoms with Gasteiger partial charge in [-0.1, -0.05) is 151 Å². The monoisotopic (exact) mass is 1020 g/mol. The summed E-state index contributed by atoms with van der Waals surface area (Å²) < 4.78 is 9.45. The molecule has 3 aliphatic heterocycles. The van der Waals surface area contributed by atoms with Gasteiger partial charge in [0, 0.05) is 72.1 Å². The molecule has 0 radical (unpaired) electrons. The Balaban J connectivity index is 1.04. The zero-order valence-corrected chi connectivity index (χ0v) is 46.8. The highest BCUT2D eigenvalue weighted by atomic mass is 16.5. The van der Waals surface area contributed by atoms with E-state index < -0.39 is 11.3 Å². The van der Waals surface area contributed by atoms with Crippen molar-refractivity contribution in [2.24, 2.45) is 0 Å². The molecule has 0 spiro atoms. The number of anilines is 4. The van der Waals surface area contributed by atoms with Crippen molar-refractivity contribution < 1.29 is 4.74 Å². The number of hydrogen-bond donors (Lipinski definition) is 0. The maximum absolute atomic E-state index is 7.16. The van der Waals surface area contributed by atoms with Gasteiger partial charge < -0.3 is 14.5 Å². The lowest BCUT2D eigenvalue weighted by Gasteiger charge is -2.56. The summed E-state index contributed by atoms with van der Waals surface area (Å²) >= 11 is 0. The average molecular weight is 1020 g/mol. The van der Waals surface area contributed by atoms with Crippen LogP contribution in [0.5, 0.6) is 11.5 Å². The smallest absolute Gasteiger partial charge is 0.137 e. The van der Waals surface area contributed by atoms with Crippen LogP contribution in [0, 0.1) is 0 Å². The first-order valence-electron chi connectivity index (χ1n) is 27.7. The fourth-order valence-corrected chi connectivity index (χ4v) is 13.3. The lowest BCUT2D eigenvalue weighted by atomic mass is 9.79. The number of aromatic nitrogens is 2. The number of benzene rings is 7. The van der Waals surface area contributed by atoms with Crippen LogP contribution in [0.3, 0.4) is 0 Å². The average Bonchev–Trinajstić information content (AvgIpc) is 4.21. The zero-order chi connectivity index (χ0) is 53.4. The minimum atomic E-state index is -0.581. The van der Waals surface area contributed by atoms with Crippen molar-refractivity contribution in [2.75, 3.05) is 70.8 Å². The molecule has 0 amide bonds. The fraction of sp³-hybridized carbons (Fsp3) is 0.309. The van der Waals surface area contributed by atoms with E-state index in [1.54, 1.807) is 0 Å². The van der Waals surface area contributed by atoms with E-state index in [4.69, 9.17) is 9.72 Å². The Hall–Kier alpha value is -7.27. The minimum Gasteiger partial charge on any atom is -0.457 e. The molecule has 12 rings (SSSR count). The van der Waals surface area contributed by atoms with Crippen molar-refractivity contribution in [3.05, 3.63) is 216 Å². The van der Waals surface area contributed by atoms with Crippen molar-refractivity contribution in [2.45, 2.75) is 76.5 Å². The Morgan fingerprint density at radius 1 is 0.455 bits per heavy atom. The first-order chi connectivity index (χ1) is 37.1. The Labute approximate surface area is 456 Å². The molecule has 9 aromatic rings. The molecule has 2 aromatic heterocycles. The van der Waals surface area contributed by atoms with Gasteiger partial charge in [-0.05, 0) is 129 Å². The van der Waals surface area contributed by atoms with E-state index in [0.717, 1.165) is 84.1 Å². The summed E-state index contributed by atoms with van der Waals surface area (Å²) in [5.41, 5.74) is 12.9. The van der Waals surface area contributed by atoms with Gasteiger partial charge in [-0.2, -0.15) is 0 Å². The van der Waals surface area contributed by atoms with Crippen LogP contribution in [0.1, 0.15) is 87.8 Å². The Kier molecular flexibility index (Phi) is 12.7. The number of para-hydroxylation sites is 4. The molecule has 0 saturated carbocycles. The van der Waals surface area contributed by atoms with Gasteiger partial charge in [0.1, 0.15) is 35.3 Å². The molecule has 0 bridgehead atoms. The Bertz CT molecular complexity index is 3520. The van der Waals surface area contributed by atoms with Crippen LogP contribution in [0.4, 0.5) is 22.7 Å². The molecule has 0 N–H and O–H groups in total. The number of pyridine rings is 1. The van der Waals surface area contributed by atoms with Crippen molar-refractivity contribution in [3.63, 3.8) is 0 Å². The van der Waals surface area contributed by atoms with E-state index >= 15 is 0 Å². The first-order valence-corrected chi connectivity index (χ1v) is 27.7. The van der Waals surface area contributed by atoms with Crippen LogP contribution >= 0.6 is 0 Å².